The molecule has 1 aliphatic heterocycles. The molecular formula is C24H32F3NO4S. The molecule has 2 rings (SSSR count). The topological polar surface area (TPSA) is 69.4 Å². The molecule has 5 nitrogen and oxygen atoms in total. The molecule has 0 saturated carbocycles. The fourth-order valence-electron chi connectivity index (χ4n) is 2.43. The van der Waals surface area contributed by atoms with Crippen LogP contribution in [0.1, 0.15) is 41.5 Å². The molecule has 0 spiro atoms. The van der Waals surface area contributed by atoms with Crippen molar-refractivity contribution in [2.75, 3.05) is 14.1 Å². The molecule has 0 amide bonds. The van der Waals surface area contributed by atoms with Crippen LogP contribution >= 0.6 is 0 Å². The lowest BCUT2D eigenvalue weighted by Crippen LogP contribution is -2.21. The molecule has 0 aromatic heterocycles. The van der Waals surface area contributed by atoms with Crippen LogP contribution in [-0.4, -0.2) is 42.9 Å². The number of hydrogen-bond acceptors (Lipinski definition) is 4. The maximum absolute atomic E-state index is 10.7. The van der Waals surface area contributed by atoms with Crippen LogP contribution in [0, 0.1) is 10.8 Å². The highest BCUT2D eigenvalue weighted by Crippen LogP contribution is 2.38. The Bertz CT molecular complexity index is 1020. The SMILES string of the molecule is C[N+](C)=C1C=CC(=CC=C2C=C(C(C)(C)C)OC(C(C)(C)C)=C2)C=C1.O=S(=O)([O-])C(F)(F)F. The Morgan fingerprint density at radius 1 is 0.818 bits per heavy atom. The van der Waals surface area contributed by atoms with E-state index in [1.807, 2.05) is 0 Å². The monoisotopic (exact) mass is 487 g/mol. The Morgan fingerprint density at radius 3 is 1.48 bits per heavy atom. The molecule has 0 aromatic rings. The van der Waals surface area contributed by atoms with Gasteiger partial charge >= 0.3 is 5.51 Å². The van der Waals surface area contributed by atoms with Crippen LogP contribution in [0.4, 0.5) is 13.2 Å². The Kier molecular flexibility index (Phi) is 8.90. The Labute approximate surface area is 194 Å². The van der Waals surface area contributed by atoms with Crippen LogP contribution in [-0.2, 0) is 14.9 Å². The second-order valence-electron chi connectivity index (χ2n) is 9.84. The van der Waals surface area contributed by atoms with E-state index in [9.17, 15) is 13.2 Å². The lowest BCUT2D eigenvalue weighted by Gasteiger charge is -2.32. The van der Waals surface area contributed by atoms with E-state index in [4.69, 9.17) is 17.7 Å². The number of alkyl halides is 3. The first-order valence-electron chi connectivity index (χ1n) is 10.2. The lowest BCUT2D eigenvalue weighted by atomic mass is 9.87. The summed E-state index contributed by atoms with van der Waals surface area (Å²) in [5, 5.41) is 0. The maximum Gasteiger partial charge on any atom is 0.485 e. The van der Waals surface area contributed by atoms with Crippen LogP contribution in [0.15, 0.2) is 71.3 Å². The van der Waals surface area contributed by atoms with Crippen molar-refractivity contribution < 1.29 is 35.5 Å². The van der Waals surface area contributed by atoms with Gasteiger partial charge in [-0.15, -0.1) is 0 Å². The number of ether oxygens (including phenoxy) is 1. The van der Waals surface area contributed by atoms with E-state index < -0.39 is 15.6 Å². The molecule has 0 fully saturated rings. The highest BCUT2D eigenvalue weighted by atomic mass is 32.2. The first kappa shape index (κ1) is 28.6. The Hall–Kier alpha value is -2.39. The van der Waals surface area contributed by atoms with Gasteiger partial charge in [-0.25, -0.2) is 13.0 Å². The van der Waals surface area contributed by atoms with E-state index in [1.165, 1.54) is 16.9 Å². The van der Waals surface area contributed by atoms with E-state index in [0.717, 1.165) is 11.5 Å². The summed E-state index contributed by atoms with van der Waals surface area (Å²) in [6.07, 6.45) is 17.2. The number of halogens is 3. The van der Waals surface area contributed by atoms with Crippen molar-refractivity contribution in [3.05, 3.63) is 71.3 Å². The van der Waals surface area contributed by atoms with E-state index in [0.29, 0.717) is 0 Å². The van der Waals surface area contributed by atoms with Crippen molar-refractivity contribution in [2.45, 2.75) is 47.1 Å². The zero-order valence-corrected chi connectivity index (χ0v) is 21.1. The van der Waals surface area contributed by atoms with E-state index in [1.54, 1.807) is 0 Å². The summed E-state index contributed by atoms with van der Waals surface area (Å²) in [7, 11) is -1.98. The summed E-state index contributed by atoms with van der Waals surface area (Å²) in [4.78, 5) is 0. The van der Waals surface area contributed by atoms with Crippen molar-refractivity contribution in [1.29, 1.82) is 0 Å². The molecule has 0 saturated heterocycles. The number of allylic oxidation sites excluding steroid dienone is 12. The third-order valence-corrected chi connectivity index (χ3v) is 5.02. The normalized spacial score (nSPS) is 16.9. The summed E-state index contributed by atoms with van der Waals surface area (Å²) < 4.78 is 67.2. The van der Waals surface area contributed by atoms with Crippen LogP contribution in [0.2, 0.25) is 0 Å². The number of nitrogens with zero attached hydrogens (tertiary/aromatic N) is 1. The summed E-state index contributed by atoms with van der Waals surface area (Å²) >= 11 is 0. The lowest BCUT2D eigenvalue weighted by molar-refractivity contribution is -0.462. The molecule has 0 bridgehead atoms. The second kappa shape index (κ2) is 10.3. The van der Waals surface area contributed by atoms with Gasteiger partial charge in [0.2, 0.25) is 0 Å². The molecule has 2 aliphatic rings. The first-order chi connectivity index (χ1) is 14.7. The molecular weight excluding hydrogens is 455 g/mol. The number of rotatable bonds is 1. The third-order valence-electron chi connectivity index (χ3n) is 4.46. The molecule has 184 valence electrons. The predicted molar refractivity (Wildman–Crippen MR) is 123 cm³/mol. The molecule has 0 unspecified atom stereocenters. The average Bonchev–Trinajstić information content (AvgIpc) is 2.64. The van der Waals surface area contributed by atoms with E-state index >= 15 is 0 Å². The molecule has 33 heavy (non-hydrogen) atoms. The summed E-state index contributed by atoms with van der Waals surface area (Å²) in [5.74, 6) is 2.03. The average molecular weight is 488 g/mol. The third kappa shape index (κ3) is 9.17. The molecule has 0 N–H and O–H groups in total. The van der Waals surface area contributed by atoms with Crippen LogP contribution in [0.5, 0.6) is 0 Å². The molecule has 1 aliphatic carbocycles. The van der Waals surface area contributed by atoms with Gasteiger partial charge in [-0.2, -0.15) is 13.2 Å². The minimum Gasteiger partial charge on any atom is -0.741 e. The van der Waals surface area contributed by atoms with Gasteiger partial charge in [0.25, 0.3) is 0 Å². The molecule has 0 aromatic carbocycles. The fourth-order valence-corrected chi connectivity index (χ4v) is 2.43. The zero-order valence-electron chi connectivity index (χ0n) is 20.2. The largest absolute Gasteiger partial charge is 0.741 e. The highest BCUT2D eigenvalue weighted by molar-refractivity contribution is 7.86. The molecule has 9 heteroatoms. The fraction of sp³-hybridized carbons (Fsp3) is 0.458. The van der Waals surface area contributed by atoms with E-state index in [2.05, 4.69) is 109 Å². The van der Waals surface area contributed by atoms with E-state index in [-0.39, 0.29) is 10.8 Å². The maximum atomic E-state index is 10.7. The predicted octanol–water partition coefficient (Wildman–Crippen LogP) is 5.62. The van der Waals surface area contributed by atoms with Crippen LogP contribution in [0.25, 0.3) is 0 Å². The van der Waals surface area contributed by atoms with Gasteiger partial charge in [0, 0.05) is 23.0 Å². The minimum absolute atomic E-state index is 0.0167. The van der Waals surface area contributed by atoms with Crippen molar-refractivity contribution >= 4 is 15.8 Å². The highest BCUT2D eigenvalue weighted by Gasteiger charge is 2.37. The smallest absolute Gasteiger partial charge is 0.485 e. The van der Waals surface area contributed by atoms with Gasteiger partial charge in [-0.05, 0) is 35.5 Å². The van der Waals surface area contributed by atoms with Crippen molar-refractivity contribution in [1.82, 2.24) is 0 Å². The zero-order chi connectivity index (χ0) is 25.8. The van der Waals surface area contributed by atoms with Gasteiger partial charge in [0.15, 0.2) is 15.8 Å². The molecule has 0 atom stereocenters. The van der Waals surface area contributed by atoms with Gasteiger partial charge < -0.3 is 9.29 Å². The minimum atomic E-state index is -6.09. The Morgan fingerprint density at radius 2 is 1.18 bits per heavy atom. The summed E-state index contributed by atoms with van der Waals surface area (Å²) in [6, 6.07) is 0. The van der Waals surface area contributed by atoms with Gasteiger partial charge in [-0.1, -0.05) is 53.7 Å². The van der Waals surface area contributed by atoms with Gasteiger partial charge in [0.1, 0.15) is 25.6 Å². The van der Waals surface area contributed by atoms with Crippen molar-refractivity contribution in [3.63, 3.8) is 0 Å². The summed E-state index contributed by atoms with van der Waals surface area (Å²) in [6.45, 7) is 13.1. The second-order valence-corrected chi connectivity index (χ2v) is 11.2. The quantitative estimate of drug-likeness (QED) is 0.273. The van der Waals surface area contributed by atoms with Gasteiger partial charge in [-0.3, -0.25) is 0 Å². The van der Waals surface area contributed by atoms with Gasteiger partial charge in [0.05, 0.1) is 0 Å². The molecule has 1 heterocycles. The standard InChI is InChI=1S/C23H32NO.CHF3O3S/c1-22(2,3)20-15-18(16-21(25-20)23(4,5)6)10-9-17-11-13-19(14-12-17)24(7)8;2-1(3,4)8(5,6)7/h9-16H,1-8H3;(H,5,6,7)/q+1;/p-1. The molecule has 0 radical (unpaired) electrons. The van der Waals surface area contributed by atoms with Crippen LogP contribution in [0.3, 0.4) is 0 Å². The van der Waals surface area contributed by atoms with Crippen LogP contribution < -0.4 is 0 Å². The Balaban J connectivity index is 0.000000582. The van der Waals surface area contributed by atoms with Crippen molar-refractivity contribution in [2.24, 2.45) is 10.8 Å². The number of hydrogen-bond donors (Lipinski definition) is 0. The van der Waals surface area contributed by atoms with Crippen molar-refractivity contribution in [3.8, 4) is 0 Å². The first-order valence-corrected chi connectivity index (χ1v) is 11.6. The summed E-state index contributed by atoms with van der Waals surface area (Å²) in [5.41, 5.74) is -2.10.